The summed E-state index contributed by atoms with van der Waals surface area (Å²) in [6.07, 6.45) is 2.38. The summed E-state index contributed by atoms with van der Waals surface area (Å²) in [6, 6.07) is 19.5. The highest BCUT2D eigenvalue weighted by molar-refractivity contribution is 9.10. The zero-order chi connectivity index (χ0) is 13.9. The average molecular weight is 350 g/mol. The molecule has 2 aromatic carbocycles. The molecule has 1 aliphatic rings. The number of hydrogen-bond donors (Lipinski definition) is 0. The van der Waals surface area contributed by atoms with Crippen LogP contribution in [-0.2, 0) is 6.42 Å². The van der Waals surface area contributed by atoms with Crippen LogP contribution in [0.1, 0.15) is 23.5 Å². The first-order valence-corrected chi connectivity index (χ1v) is 8.46. The molecule has 3 rings (SSSR count). The molecule has 1 saturated carbocycles. The molecule has 1 aliphatic carbocycles. The lowest BCUT2D eigenvalue weighted by molar-refractivity contribution is 0.501. The maximum atomic E-state index is 6.23. The van der Waals surface area contributed by atoms with Crippen molar-refractivity contribution in [2.75, 3.05) is 5.88 Å². The van der Waals surface area contributed by atoms with Gasteiger partial charge in [0.15, 0.2) is 0 Å². The average Bonchev–Trinajstić information content (AvgIpc) is 3.28. The number of rotatable bonds is 5. The van der Waals surface area contributed by atoms with E-state index in [0.29, 0.717) is 5.92 Å². The zero-order valence-corrected chi connectivity index (χ0v) is 13.6. The van der Waals surface area contributed by atoms with Gasteiger partial charge in [-0.1, -0.05) is 58.4 Å². The van der Waals surface area contributed by atoms with Crippen molar-refractivity contribution in [3.05, 3.63) is 70.2 Å². The second-order valence-corrected chi connectivity index (χ2v) is 6.89. The number of hydrogen-bond acceptors (Lipinski definition) is 0. The lowest BCUT2D eigenvalue weighted by Gasteiger charge is -2.14. The van der Waals surface area contributed by atoms with Crippen molar-refractivity contribution in [2.45, 2.75) is 18.8 Å². The van der Waals surface area contributed by atoms with Gasteiger partial charge in [-0.05, 0) is 53.9 Å². The molecule has 2 aromatic rings. The molecular formula is C18H18BrCl. The zero-order valence-electron chi connectivity index (χ0n) is 11.3. The highest BCUT2D eigenvalue weighted by Crippen LogP contribution is 2.52. The Kier molecular flexibility index (Phi) is 4.48. The van der Waals surface area contributed by atoms with Crippen LogP contribution in [0.5, 0.6) is 0 Å². The third-order valence-corrected chi connectivity index (χ3v) is 5.21. The van der Waals surface area contributed by atoms with E-state index in [4.69, 9.17) is 11.6 Å². The fourth-order valence-electron chi connectivity index (χ4n) is 3.06. The van der Waals surface area contributed by atoms with Crippen molar-refractivity contribution >= 4 is 27.5 Å². The van der Waals surface area contributed by atoms with Crippen molar-refractivity contribution in [3.63, 3.8) is 0 Å². The summed E-state index contributed by atoms with van der Waals surface area (Å²) in [5, 5.41) is 0. The number of halogens is 2. The summed E-state index contributed by atoms with van der Waals surface area (Å²) in [5.41, 5.74) is 2.86. The van der Waals surface area contributed by atoms with Gasteiger partial charge in [0.05, 0.1) is 0 Å². The minimum absolute atomic E-state index is 0.586. The standard InChI is InChI=1S/C18H18BrCl/c19-16-8-6-13(7-9-16)10-15(12-20)18-11-17(18)14-4-2-1-3-5-14/h1-9,15,17-18H,10-12H2. The quantitative estimate of drug-likeness (QED) is 0.612. The fourth-order valence-corrected chi connectivity index (χ4v) is 3.67. The molecule has 0 N–H and O–H groups in total. The molecular weight excluding hydrogens is 332 g/mol. The van der Waals surface area contributed by atoms with Crippen molar-refractivity contribution in [3.8, 4) is 0 Å². The molecule has 20 heavy (non-hydrogen) atoms. The van der Waals surface area contributed by atoms with Crippen LogP contribution in [0, 0.1) is 11.8 Å². The third-order valence-electron chi connectivity index (χ3n) is 4.28. The normalized spacial score (nSPS) is 22.5. The molecule has 0 spiro atoms. The van der Waals surface area contributed by atoms with Gasteiger partial charge < -0.3 is 0 Å². The Labute approximate surface area is 134 Å². The van der Waals surface area contributed by atoms with Crippen molar-refractivity contribution in [1.29, 1.82) is 0 Å². The Bertz CT molecular complexity index is 549. The van der Waals surface area contributed by atoms with E-state index in [1.807, 2.05) is 0 Å². The van der Waals surface area contributed by atoms with Crippen LogP contribution in [0.2, 0.25) is 0 Å². The van der Waals surface area contributed by atoms with E-state index in [1.54, 1.807) is 0 Å². The van der Waals surface area contributed by atoms with Gasteiger partial charge in [0.25, 0.3) is 0 Å². The van der Waals surface area contributed by atoms with Crippen LogP contribution in [0.4, 0.5) is 0 Å². The molecule has 0 bridgehead atoms. The monoisotopic (exact) mass is 348 g/mol. The van der Waals surface area contributed by atoms with E-state index in [2.05, 4.69) is 70.5 Å². The highest BCUT2D eigenvalue weighted by Gasteiger charge is 2.43. The lowest BCUT2D eigenvalue weighted by Crippen LogP contribution is -2.10. The van der Waals surface area contributed by atoms with Gasteiger partial charge >= 0.3 is 0 Å². The first kappa shape index (κ1) is 14.2. The van der Waals surface area contributed by atoms with Gasteiger partial charge in [0.2, 0.25) is 0 Å². The summed E-state index contributed by atoms with van der Waals surface area (Å²) in [6.45, 7) is 0. The highest BCUT2D eigenvalue weighted by atomic mass is 79.9. The predicted molar refractivity (Wildman–Crippen MR) is 89.3 cm³/mol. The molecule has 3 atom stereocenters. The first-order valence-electron chi connectivity index (χ1n) is 7.13. The van der Waals surface area contributed by atoms with Crippen LogP contribution in [-0.4, -0.2) is 5.88 Å². The maximum absolute atomic E-state index is 6.23. The van der Waals surface area contributed by atoms with E-state index in [1.165, 1.54) is 17.5 Å². The Balaban J connectivity index is 1.65. The van der Waals surface area contributed by atoms with Gasteiger partial charge in [-0.2, -0.15) is 0 Å². The summed E-state index contributed by atoms with van der Waals surface area (Å²) in [4.78, 5) is 0. The van der Waals surface area contributed by atoms with Crippen LogP contribution in [0.25, 0.3) is 0 Å². The van der Waals surface area contributed by atoms with Crippen molar-refractivity contribution < 1.29 is 0 Å². The summed E-state index contributed by atoms with van der Waals surface area (Å²) in [5.74, 6) is 2.81. The van der Waals surface area contributed by atoms with Crippen molar-refractivity contribution in [2.24, 2.45) is 11.8 Å². The predicted octanol–water partition coefficient (Wildman–Crippen LogP) is 5.65. The SMILES string of the molecule is ClCC(Cc1ccc(Br)cc1)C1CC1c1ccccc1. The van der Waals surface area contributed by atoms with E-state index in [0.717, 1.165) is 28.6 Å². The molecule has 104 valence electrons. The minimum Gasteiger partial charge on any atom is -0.126 e. The molecule has 0 aliphatic heterocycles. The fraction of sp³-hybridized carbons (Fsp3) is 0.333. The van der Waals surface area contributed by atoms with Crippen LogP contribution < -0.4 is 0 Å². The van der Waals surface area contributed by atoms with Crippen LogP contribution >= 0.6 is 27.5 Å². The third kappa shape index (κ3) is 3.27. The Morgan fingerprint density at radius 1 is 1.05 bits per heavy atom. The first-order chi connectivity index (χ1) is 9.78. The molecule has 0 saturated heterocycles. The lowest BCUT2D eigenvalue weighted by atomic mass is 9.94. The second-order valence-electron chi connectivity index (χ2n) is 5.66. The Morgan fingerprint density at radius 3 is 2.40 bits per heavy atom. The van der Waals surface area contributed by atoms with Gasteiger partial charge in [0.1, 0.15) is 0 Å². The largest absolute Gasteiger partial charge is 0.126 e. The van der Waals surface area contributed by atoms with E-state index in [-0.39, 0.29) is 0 Å². The number of benzene rings is 2. The molecule has 0 heterocycles. The Morgan fingerprint density at radius 2 is 1.75 bits per heavy atom. The van der Waals surface area contributed by atoms with Crippen LogP contribution in [0.3, 0.4) is 0 Å². The van der Waals surface area contributed by atoms with Crippen molar-refractivity contribution in [1.82, 2.24) is 0 Å². The molecule has 0 radical (unpaired) electrons. The van der Waals surface area contributed by atoms with Crippen LogP contribution in [0.15, 0.2) is 59.1 Å². The number of alkyl halides is 1. The Hall–Kier alpha value is -0.790. The van der Waals surface area contributed by atoms with E-state index < -0.39 is 0 Å². The van der Waals surface area contributed by atoms with Gasteiger partial charge in [-0.25, -0.2) is 0 Å². The summed E-state index contributed by atoms with van der Waals surface area (Å²) >= 11 is 9.71. The molecule has 0 nitrogen and oxygen atoms in total. The maximum Gasteiger partial charge on any atom is 0.0257 e. The van der Waals surface area contributed by atoms with E-state index >= 15 is 0 Å². The van der Waals surface area contributed by atoms with Gasteiger partial charge in [-0.15, -0.1) is 11.6 Å². The molecule has 3 unspecified atom stereocenters. The molecule has 0 amide bonds. The summed E-state index contributed by atoms with van der Waals surface area (Å²) in [7, 11) is 0. The van der Waals surface area contributed by atoms with Gasteiger partial charge in [0, 0.05) is 10.4 Å². The summed E-state index contributed by atoms with van der Waals surface area (Å²) < 4.78 is 1.14. The molecule has 2 heteroatoms. The second kappa shape index (κ2) is 6.32. The molecule has 0 aromatic heterocycles. The van der Waals surface area contributed by atoms with E-state index in [9.17, 15) is 0 Å². The smallest absolute Gasteiger partial charge is 0.0257 e. The van der Waals surface area contributed by atoms with Gasteiger partial charge in [-0.3, -0.25) is 0 Å². The molecule has 1 fully saturated rings. The topological polar surface area (TPSA) is 0 Å². The minimum atomic E-state index is 0.586.